The summed E-state index contributed by atoms with van der Waals surface area (Å²) in [5.41, 5.74) is 2.02. The number of piperazine rings is 1. The predicted molar refractivity (Wildman–Crippen MR) is 141 cm³/mol. The Balaban J connectivity index is 1.47. The van der Waals surface area contributed by atoms with Crippen LogP contribution in [0, 0.1) is 5.82 Å². The zero-order valence-corrected chi connectivity index (χ0v) is 20.9. The summed E-state index contributed by atoms with van der Waals surface area (Å²) >= 11 is 0. The Morgan fingerprint density at radius 3 is 2.20 bits per heavy atom. The molecule has 0 spiro atoms. The predicted octanol–water partition coefficient (Wildman–Crippen LogP) is 5.82. The Kier molecular flexibility index (Phi) is 8.42. The fourth-order valence-electron chi connectivity index (χ4n) is 4.82. The highest BCUT2D eigenvalue weighted by molar-refractivity contribution is 5.46. The topological polar surface area (TPSA) is 35.9 Å². The molecule has 0 radical (unpaired) electrons. The first-order valence-corrected chi connectivity index (χ1v) is 12.7. The van der Waals surface area contributed by atoms with Gasteiger partial charge in [0.15, 0.2) is 0 Å². The Hall–Kier alpha value is -2.89. The van der Waals surface area contributed by atoms with Gasteiger partial charge in [-0.25, -0.2) is 4.39 Å². The normalized spacial score (nSPS) is 17.1. The number of anilines is 1. The van der Waals surface area contributed by atoms with Gasteiger partial charge in [0.25, 0.3) is 0 Å². The van der Waals surface area contributed by atoms with Crippen molar-refractivity contribution in [3.8, 4) is 5.75 Å². The monoisotopic (exact) mass is 476 g/mol. The van der Waals surface area contributed by atoms with Gasteiger partial charge in [0.05, 0.1) is 12.2 Å². The summed E-state index contributed by atoms with van der Waals surface area (Å²) in [6.07, 6.45) is 2.13. The molecule has 0 amide bonds. The lowest BCUT2D eigenvalue weighted by Crippen LogP contribution is -2.49. The third-order valence-corrected chi connectivity index (χ3v) is 7.09. The molecule has 0 aliphatic carbocycles. The molecule has 1 aliphatic rings. The van der Waals surface area contributed by atoms with E-state index in [0.717, 1.165) is 68.1 Å². The van der Waals surface area contributed by atoms with Crippen LogP contribution in [0.2, 0.25) is 0 Å². The molecule has 4 rings (SSSR count). The van der Waals surface area contributed by atoms with Crippen molar-refractivity contribution in [3.05, 3.63) is 95.8 Å². The van der Waals surface area contributed by atoms with Crippen LogP contribution >= 0.6 is 0 Å². The summed E-state index contributed by atoms with van der Waals surface area (Å²) in [7, 11) is 0. The summed E-state index contributed by atoms with van der Waals surface area (Å²) in [6.45, 7) is 9.06. The molecule has 1 aliphatic heterocycles. The maximum atomic E-state index is 13.3. The van der Waals surface area contributed by atoms with Gasteiger partial charge in [-0.3, -0.25) is 4.90 Å². The van der Waals surface area contributed by atoms with Crippen LogP contribution < -0.4 is 9.64 Å². The van der Waals surface area contributed by atoms with Crippen LogP contribution in [0.15, 0.2) is 78.9 Å². The van der Waals surface area contributed by atoms with Gasteiger partial charge in [0.1, 0.15) is 11.6 Å². The quantitative estimate of drug-likeness (QED) is 0.374. The molecular weight excluding hydrogens is 439 g/mol. The minimum absolute atomic E-state index is 0.0899. The lowest BCUT2D eigenvalue weighted by atomic mass is 9.78. The van der Waals surface area contributed by atoms with E-state index in [-0.39, 0.29) is 11.7 Å². The standard InChI is InChI=1S/C30H37FN2O2/c1-3-4-22-35-28-16-10-25(11-17-28)30(2,34)29(24-8-6-5-7-9-24)23-32-18-20-33(21-19-32)27-14-12-26(31)13-15-27/h5-17,29,34H,3-4,18-23H2,1-2H3/t29-,30-/m0/s1. The number of benzene rings is 3. The molecular formula is C30H37FN2O2. The average molecular weight is 477 g/mol. The van der Waals surface area contributed by atoms with Crippen molar-refractivity contribution in [2.24, 2.45) is 0 Å². The largest absolute Gasteiger partial charge is 0.494 e. The summed E-state index contributed by atoms with van der Waals surface area (Å²) < 4.78 is 19.1. The smallest absolute Gasteiger partial charge is 0.123 e. The molecule has 5 heteroatoms. The van der Waals surface area contributed by atoms with Crippen molar-refractivity contribution in [2.45, 2.75) is 38.2 Å². The second-order valence-electron chi connectivity index (χ2n) is 9.60. The van der Waals surface area contributed by atoms with E-state index in [2.05, 4.69) is 28.9 Å². The Morgan fingerprint density at radius 2 is 1.57 bits per heavy atom. The van der Waals surface area contributed by atoms with Gasteiger partial charge in [-0.2, -0.15) is 0 Å². The summed E-state index contributed by atoms with van der Waals surface area (Å²) in [5, 5.41) is 11.9. The maximum Gasteiger partial charge on any atom is 0.123 e. The number of unbranched alkanes of at least 4 members (excludes halogenated alkanes) is 1. The van der Waals surface area contributed by atoms with Crippen molar-refractivity contribution in [1.82, 2.24) is 4.90 Å². The summed E-state index contributed by atoms with van der Waals surface area (Å²) in [6, 6.07) is 24.9. The number of hydrogen-bond acceptors (Lipinski definition) is 4. The van der Waals surface area contributed by atoms with Crippen LogP contribution in [0.4, 0.5) is 10.1 Å². The first-order valence-electron chi connectivity index (χ1n) is 12.7. The van der Waals surface area contributed by atoms with E-state index in [0.29, 0.717) is 6.61 Å². The number of hydrogen-bond donors (Lipinski definition) is 1. The van der Waals surface area contributed by atoms with E-state index in [1.54, 1.807) is 0 Å². The average Bonchev–Trinajstić information content (AvgIpc) is 2.89. The van der Waals surface area contributed by atoms with E-state index < -0.39 is 5.60 Å². The Labute approximate surface area is 209 Å². The van der Waals surface area contributed by atoms with E-state index in [1.807, 2.05) is 61.5 Å². The molecule has 1 fully saturated rings. The lowest BCUT2D eigenvalue weighted by molar-refractivity contribution is 0.0121. The van der Waals surface area contributed by atoms with Gasteiger partial charge in [-0.1, -0.05) is 55.8 Å². The van der Waals surface area contributed by atoms with E-state index in [4.69, 9.17) is 4.74 Å². The van der Waals surface area contributed by atoms with Gasteiger partial charge < -0.3 is 14.7 Å². The fourth-order valence-corrected chi connectivity index (χ4v) is 4.82. The highest BCUT2D eigenvalue weighted by Crippen LogP contribution is 2.38. The summed E-state index contributed by atoms with van der Waals surface area (Å²) in [4.78, 5) is 4.72. The number of nitrogens with zero attached hydrogens (tertiary/aromatic N) is 2. The fraction of sp³-hybridized carbons (Fsp3) is 0.400. The maximum absolute atomic E-state index is 13.3. The SMILES string of the molecule is CCCCOc1ccc([C@](C)(O)[C@@H](CN2CCN(c3ccc(F)cc3)CC2)c2ccccc2)cc1. The molecule has 1 saturated heterocycles. The molecule has 2 atom stereocenters. The molecule has 186 valence electrons. The van der Waals surface area contributed by atoms with Gasteiger partial charge in [0.2, 0.25) is 0 Å². The van der Waals surface area contributed by atoms with Gasteiger partial charge in [0, 0.05) is 44.3 Å². The molecule has 3 aromatic rings. The highest BCUT2D eigenvalue weighted by atomic mass is 19.1. The van der Waals surface area contributed by atoms with Gasteiger partial charge >= 0.3 is 0 Å². The molecule has 0 unspecified atom stereocenters. The first-order chi connectivity index (χ1) is 17.0. The van der Waals surface area contributed by atoms with Crippen LogP contribution in [0.3, 0.4) is 0 Å². The molecule has 35 heavy (non-hydrogen) atoms. The second kappa shape index (κ2) is 11.7. The molecule has 0 bridgehead atoms. The third kappa shape index (κ3) is 6.41. The molecule has 3 aromatic carbocycles. The van der Waals surface area contributed by atoms with Crippen LogP contribution in [0.25, 0.3) is 0 Å². The summed E-state index contributed by atoms with van der Waals surface area (Å²) in [5.74, 6) is 0.542. The van der Waals surface area contributed by atoms with Crippen molar-refractivity contribution in [3.63, 3.8) is 0 Å². The molecule has 0 saturated carbocycles. The number of ether oxygens (including phenoxy) is 1. The second-order valence-corrected chi connectivity index (χ2v) is 9.60. The molecule has 4 nitrogen and oxygen atoms in total. The molecule has 1 N–H and O–H groups in total. The lowest BCUT2D eigenvalue weighted by Gasteiger charge is -2.41. The molecule has 0 aromatic heterocycles. The van der Waals surface area contributed by atoms with Crippen molar-refractivity contribution in [2.75, 3.05) is 44.2 Å². The first kappa shape index (κ1) is 25.2. The van der Waals surface area contributed by atoms with Gasteiger partial charge in [-0.05, 0) is 60.9 Å². The molecule has 1 heterocycles. The minimum Gasteiger partial charge on any atom is -0.494 e. The van der Waals surface area contributed by atoms with Gasteiger partial charge in [-0.15, -0.1) is 0 Å². The zero-order valence-electron chi connectivity index (χ0n) is 20.9. The third-order valence-electron chi connectivity index (χ3n) is 7.09. The van der Waals surface area contributed by atoms with Crippen molar-refractivity contribution in [1.29, 1.82) is 0 Å². The Bertz CT molecular complexity index is 1030. The minimum atomic E-state index is -1.04. The highest BCUT2D eigenvalue weighted by Gasteiger charge is 2.36. The van der Waals surface area contributed by atoms with Crippen LogP contribution in [-0.2, 0) is 5.60 Å². The van der Waals surface area contributed by atoms with Crippen LogP contribution in [0.5, 0.6) is 5.75 Å². The van der Waals surface area contributed by atoms with Crippen molar-refractivity contribution >= 4 is 5.69 Å². The van der Waals surface area contributed by atoms with E-state index in [9.17, 15) is 9.50 Å². The number of halogens is 1. The Morgan fingerprint density at radius 1 is 0.914 bits per heavy atom. The van der Waals surface area contributed by atoms with E-state index >= 15 is 0 Å². The number of rotatable bonds is 10. The van der Waals surface area contributed by atoms with E-state index in [1.165, 1.54) is 12.1 Å². The van der Waals surface area contributed by atoms with Crippen molar-refractivity contribution < 1.29 is 14.2 Å². The zero-order chi connectivity index (χ0) is 24.7. The number of aliphatic hydroxyl groups is 1. The van der Waals surface area contributed by atoms with Crippen LogP contribution in [-0.4, -0.2) is 49.3 Å². The van der Waals surface area contributed by atoms with Crippen LogP contribution in [0.1, 0.15) is 43.7 Å².